The van der Waals surface area contributed by atoms with Crippen LogP contribution in [0.15, 0.2) is 11.1 Å². The molecule has 1 saturated carbocycles. The molecule has 0 bridgehead atoms. The van der Waals surface area contributed by atoms with Crippen molar-refractivity contribution in [1.82, 2.24) is 0 Å². The van der Waals surface area contributed by atoms with Crippen LogP contribution in [0.1, 0.15) is 53.4 Å². The van der Waals surface area contributed by atoms with Gasteiger partial charge in [0.1, 0.15) is 0 Å². The van der Waals surface area contributed by atoms with Crippen molar-refractivity contribution >= 4 is 5.97 Å². The smallest absolute Gasteiger partial charge is 0.305 e. The first-order valence-electron chi connectivity index (χ1n) is 7.20. The maximum absolute atomic E-state index is 11.4. The average molecular weight is 268 g/mol. The van der Waals surface area contributed by atoms with Crippen LogP contribution >= 0.6 is 0 Å². The van der Waals surface area contributed by atoms with Gasteiger partial charge in [-0.1, -0.05) is 25.0 Å². The van der Waals surface area contributed by atoms with Gasteiger partial charge in [0, 0.05) is 13.0 Å². The normalized spacial score (nSPS) is 31.2. The highest BCUT2D eigenvalue weighted by molar-refractivity contribution is 5.69. The van der Waals surface area contributed by atoms with E-state index in [4.69, 9.17) is 4.74 Å². The molecule has 19 heavy (non-hydrogen) atoms. The van der Waals surface area contributed by atoms with Crippen LogP contribution in [0.3, 0.4) is 0 Å². The third-order valence-electron chi connectivity index (χ3n) is 5.04. The second-order valence-corrected chi connectivity index (χ2v) is 6.30. The number of carbonyl (C=O) groups is 1. The number of methoxy groups -OCH3 is 1. The molecule has 110 valence electrons. The van der Waals surface area contributed by atoms with Crippen LogP contribution in [0.5, 0.6) is 0 Å². The lowest BCUT2D eigenvalue weighted by Gasteiger charge is -2.47. The lowest BCUT2D eigenvalue weighted by Crippen LogP contribution is -2.42. The number of hydrogen-bond donors (Lipinski definition) is 1. The van der Waals surface area contributed by atoms with Crippen molar-refractivity contribution in [3.63, 3.8) is 0 Å². The first kappa shape index (κ1) is 16.2. The number of esters is 1. The van der Waals surface area contributed by atoms with Crippen LogP contribution in [-0.4, -0.2) is 24.8 Å². The number of rotatable bonds is 4. The zero-order valence-corrected chi connectivity index (χ0v) is 13.0. The highest BCUT2D eigenvalue weighted by Gasteiger charge is 2.43. The first-order chi connectivity index (χ1) is 8.86. The molecule has 0 aromatic heterocycles. The van der Waals surface area contributed by atoms with Crippen molar-refractivity contribution in [3.8, 4) is 0 Å². The molecule has 0 aliphatic heterocycles. The summed E-state index contributed by atoms with van der Waals surface area (Å²) in [6, 6.07) is 0. The molecule has 0 radical (unpaired) electrons. The maximum atomic E-state index is 11.4. The van der Waals surface area contributed by atoms with Gasteiger partial charge in [-0.25, -0.2) is 0 Å². The van der Waals surface area contributed by atoms with Gasteiger partial charge in [0.25, 0.3) is 0 Å². The van der Waals surface area contributed by atoms with E-state index in [0.29, 0.717) is 12.3 Å². The minimum atomic E-state index is -0.161. The van der Waals surface area contributed by atoms with E-state index >= 15 is 0 Å². The molecule has 0 heterocycles. The summed E-state index contributed by atoms with van der Waals surface area (Å²) < 4.78 is 4.75. The number of aliphatic hydroxyl groups excluding tert-OH is 1. The molecule has 1 fully saturated rings. The average Bonchev–Trinajstić information content (AvgIpc) is 2.39. The Morgan fingerprint density at radius 2 is 2.11 bits per heavy atom. The topological polar surface area (TPSA) is 46.5 Å². The van der Waals surface area contributed by atoms with E-state index in [1.165, 1.54) is 18.3 Å². The lowest BCUT2D eigenvalue weighted by atomic mass is 9.58. The van der Waals surface area contributed by atoms with E-state index in [2.05, 4.69) is 27.7 Å². The Hall–Kier alpha value is -0.830. The fraction of sp³-hybridized carbons (Fsp3) is 0.812. The predicted octanol–water partition coefficient (Wildman–Crippen LogP) is 3.32. The number of carbonyl (C=O) groups excluding carboxylic acids is 1. The van der Waals surface area contributed by atoms with Gasteiger partial charge in [0.15, 0.2) is 0 Å². The van der Waals surface area contributed by atoms with E-state index in [0.717, 1.165) is 19.3 Å². The number of aliphatic hydroxyl groups is 1. The quantitative estimate of drug-likeness (QED) is 0.628. The van der Waals surface area contributed by atoms with Gasteiger partial charge in [-0.05, 0) is 50.4 Å². The van der Waals surface area contributed by atoms with Crippen molar-refractivity contribution < 1.29 is 14.6 Å². The molecule has 1 rings (SSSR count). The van der Waals surface area contributed by atoms with E-state index in [1.54, 1.807) is 0 Å². The van der Waals surface area contributed by atoms with Gasteiger partial charge in [-0.3, -0.25) is 4.79 Å². The van der Waals surface area contributed by atoms with Crippen molar-refractivity contribution in [3.05, 3.63) is 11.1 Å². The van der Waals surface area contributed by atoms with Gasteiger partial charge < -0.3 is 9.84 Å². The molecule has 3 nitrogen and oxygen atoms in total. The van der Waals surface area contributed by atoms with Crippen LogP contribution in [0, 0.1) is 17.3 Å². The fourth-order valence-electron chi connectivity index (χ4n) is 3.35. The minimum Gasteiger partial charge on any atom is -0.469 e. The number of ether oxygens (including phenoxy) is 1. The van der Waals surface area contributed by atoms with Crippen molar-refractivity contribution in [2.75, 3.05) is 13.7 Å². The molecule has 0 spiro atoms. The molecule has 0 saturated heterocycles. The molecule has 1 aliphatic rings. The predicted molar refractivity (Wildman–Crippen MR) is 76.7 cm³/mol. The SMILES string of the molecule is COC(=O)CC[C@H]1C(=C(C)C)CC[C@H](C)[C@]1(C)CO. The number of hydrogen-bond acceptors (Lipinski definition) is 3. The number of allylic oxidation sites excluding steroid dienone is 2. The molecule has 0 aromatic rings. The van der Waals surface area contributed by atoms with Gasteiger partial charge in [-0.15, -0.1) is 0 Å². The molecule has 1 aliphatic carbocycles. The van der Waals surface area contributed by atoms with E-state index in [9.17, 15) is 9.90 Å². The summed E-state index contributed by atoms with van der Waals surface area (Å²) in [5.74, 6) is 0.597. The molecule has 0 amide bonds. The highest BCUT2D eigenvalue weighted by atomic mass is 16.5. The lowest BCUT2D eigenvalue weighted by molar-refractivity contribution is -0.141. The van der Waals surface area contributed by atoms with Crippen LogP contribution < -0.4 is 0 Å². The van der Waals surface area contributed by atoms with Gasteiger partial charge in [0.05, 0.1) is 7.11 Å². The Labute approximate surface area is 117 Å². The van der Waals surface area contributed by atoms with Gasteiger partial charge >= 0.3 is 5.97 Å². The summed E-state index contributed by atoms with van der Waals surface area (Å²) in [6.45, 7) is 8.81. The zero-order chi connectivity index (χ0) is 14.6. The van der Waals surface area contributed by atoms with Crippen LogP contribution in [0.4, 0.5) is 0 Å². The Bertz CT molecular complexity index is 355. The first-order valence-corrected chi connectivity index (χ1v) is 7.20. The monoisotopic (exact) mass is 268 g/mol. The summed E-state index contributed by atoms with van der Waals surface area (Å²) in [5, 5.41) is 9.87. The van der Waals surface area contributed by atoms with E-state index in [1.807, 2.05) is 0 Å². The summed E-state index contributed by atoms with van der Waals surface area (Å²) in [5.41, 5.74) is 2.64. The standard InChI is InChI=1S/C16H28O3/c1-11(2)13-7-6-12(3)16(4,10-17)14(13)8-9-15(18)19-5/h12,14,17H,6-10H2,1-5H3/t12-,14-,16-/m0/s1. The van der Waals surface area contributed by atoms with Crippen LogP contribution in [-0.2, 0) is 9.53 Å². The van der Waals surface area contributed by atoms with E-state index < -0.39 is 0 Å². The van der Waals surface area contributed by atoms with Crippen molar-refractivity contribution in [1.29, 1.82) is 0 Å². The van der Waals surface area contributed by atoms with E-state index in [-0.39, 0.29) is 23.9 Å². The second-order valence-electron chi connectivity index (χ2n) is 6.30. The Balaban J connectivity index is 2.99. The highest BCUT2D eigenvalue weighted by Crippen LogP contribution is 2.50. The molecule has 1 N–H and O–H groups in total. The van der Waals surface area contributed by atoms with Gasteiger partial charge in [0.2, 0.25) is 0 Å². The molecule has 3 heteroatoms. The summed E-state index contributed by atoms with van der Waals surface area (Å²) in [4.78, 5) is 11.4. The fourth-order valence-corrected chi connectivity index (χ4v) is 3.35. The second kappa shape index (κ2) is 6.56. The zero-order valence-electron chi connectivity index (χ0n) is 13.0. The van der Waals surface area contributed by atoms with Crippen molar-refractivity contribution in [2.24, 2.45) is 17.3 Å². The third kappa shape index (κ3) is 3.38. The van der Waals surface area contributed by atoms with Crippen LogP contribution in [0.2, 0.25) is 0 Å². The van der Waals surface area contributed by atoms with Crippen molar-refractivity contribution in [2.45, 2.75) is 53.4 Å². The molecule has 0 unspecified atom stereocenters. The molecular formula is C16H28O3. The van der Waals surface area contributed by atoms with Crippen LogP contribution in [0.25, 0.3) is 0 Å². The summed E-state index contributed by atoms with van der Waals surface area (Å²) in [6.07, 6.45) is 3.41. The molecular weight excluding hydrogens is 240 g/mol. The Kier molecular flexibility index (Phi) is 5.60. The third-order valence-corrected chi connectivity index (χ3v) is 5.04. The maximum Gasteiger partial charge on any atom is 0.305 e. The van der Waals surface area contributed by atoms with Gasteiger partial charge in [-0.2, -0.15) is 0 Å². The Morgan fingerprint density at radius 1 is 1.47 bits per heavy atom. The minimum absolute atomic E-state index is 0.126. The summed E-state index contributed by atoms with van der Waals surface area (Å²) >= 11 is 0. The summed E-state index contributed by atoms with van der Waals surface area (Å²) in [7, 11) is 1.43. The Morgan fingerprint density at radius 3 is 2.58 bits per heavy atom. The molecule has 3 atom stereocenters. The molecule has 0 aromatic carbocycles. The largest absolute Gasteiger partial charge is 0.469 e.